The fourth-order valence-electron chi connectivity index (χ4n) is 1.70. The highest BCUT2D eigenvalue weighted by atomic mass is 35.5. The van der Waals surface area contributed by atoms with E-state index in [1.165, 1.54) is 0 Å². The first-order valence-electron chi connectivity index (χ1n) is 5.78. The average molecular weight is 294 g/mol. The zero-order chi connectivity index (χ0) is 14.7. The van der Waals surface area contributed by atoms with Gasteiger partial charge in [0.2, 0.25) is 0 Å². The SMILES string of the molecule is Cc1cc(C(=O)N(CC(=O)O)c2ccc(Cl)cc2)n[nH]1. The van der Waals surface area contributed by atoms with Crippen molar-refractivity contribution >= 4 is 29.2 Å². The summed E-state index contributed by atoms with van der Waals surface area (Å²) >= 11 is 5.78. The maximum atomic E-state index is 12.3. The number of aryl methyl sites for hydroxylation is 1. The van der Waals surface area contributed by atoms with E-state index in [1.54, 1.807) is 37.3 Å². The minimum Gasteiger partial charge on any atom is -0.480 e. The number of rotatable bonds is 4. The molecule has 0 aliphatic rings. The lowest BCUT2D eigenvalue weighted by molar-refractivity contribution is -0.135. The number of hydrogen-bond donors (Lipinski definition) is 2. The topological polar surface area (TPSA) is 86.3 Å². The lowest BCUT2D eigenvalue weighted by atomic mass is 10.2. The number of carbonyl (C=O) groups excluding carboxylic acids is 1. The minimum atomic E-state index is -1.11. The zero-order valence-electron chi connectivity index (χ0n) is 10.6. The van der Waals surface area contributed by atoms with Gasteiger partial charge in [0.1, 0.15) is 6.54 Å². The molecule has 0 saturated carbocycles. The first kappa shape index (κ1) is 14.1. The normalized spacial score (nSPS) is 10.3. The van der Waals surface area contributed by atoms with E-state index >= 15 is 0 Å². The second-order valence-corrected chi connectivity index (χ2v) is 4.63. The number of aliphatic carboxylic acids is 1. The van der Waals surface area contributed by atoms with E-state index in [9.17, 15) is 9.59 Å². The van der Waals surface area contributed by atoms with Crippen LogP contribution >= 0.6 is 11.6 Å². The van der Waals surface area contributed by atoms with Crippen LogP contribution < -0.4 is 4.90 Å². The summed E-state index contributed by atoms with van der Waals surface area (Å²) in [5.41, 5.74) is 1.33. The highest BCUT2D eigenvalue weighted by molar-refractivity contribution is 6.30. The van der Waals surface area contributed by atoms with Gasteiger partial charge in [-0.3, -0.25) is 19.6 Å². The van der Waals surface area contributed by atoms with E-state index in [0.717, 1.165) is 10.6 Å². The van der Waals surface area contributed by atoms with Crippen molar-refractivity contribution in [3.05, 3.63) is 46.7 Å². The first-order chi connectivity index (χ1) is 9.47. The summed E-state index contributed by atoms with van der Waals surface area (Å²) < 4.78 is 0. The van der Waals surface area contributed by atoms with Crippen LogP contribution in [-0.2, 0) is 4.79 Å². The smallest absolute Gasteiger partial charge is 0.323 e. The fraction of sp³-hybridized carbons (Fsp3) is 0.154. The number of nitrogens with zero attached hydrogens (tertiary/aromatic N) is 2. The van der Waals surface area contributed by atoms with Crippen molar-refractivity contribution in [2.24, 2.45) is 0 Å². The molecule has 1 aromatic carbocycles. The molecule has 0 atom stereocenters. The van der Waals surface area contributed by atoms with E-state index in [0.29, 0.717) is 10.7 Å². The average Bonchev–Trinajstić information content (AvgIpc) is 2.83. The number of halogens is 1. The second kappa shape index (κ2) is 5.75. The van der Waals surface area contributed by atoms with Crippen LogP contribution in [0.5, 0.6) is 0 Å². The molecule has 1 heterocycles. The molecule has 1 amide bonds. The molecule has 104 valence electrons. The van der Waals surface area contributed by atoms with Crippen molar-refractivity contribution in [1.82, 2.24) is 10.2 Å². The van der Waals surface area contributed by atoms with Crippen molar-refractivity contribution in [2.45, 2.75) is 6.92 Å². The highest BCUT2D eigenvalue weighted by Crippen LogP contribution is 2.19. The summed E-state index contributed by atoms with van der Waals surface area (Å²) in [6, 6.07) is 7.92. The van der Waals surface area contributed by atoms with E-state index in [1.807, 2.05) is 0 Å². The van der Waals surface area contributed by atoms with Crippen LogP contribution in [0, 0.1) is 6.92 Å². The third kappa shape index (κ3) is 3.16. The third-order valence-electron chi connectivity index (χ3n) is 2.60. The number of anilines is 1. The number of hydrogen-bond acceptors (Lipinski definition) is 3. The summed E-state index contributed by atoms with van der Waals surface area (Å²) in [4.78, 5) is 24.4. The van der Waals surface area contributed by atoms with Crippen molar-refractivity contribution in [1.29, 1.82) is 0 Å². The molecule has 0 unspecified atom stereocenters. The number of amides is 1. The number of benzene rings is 1. The maximum Gasteiger partial charge on any atom is 0.323 e. The molecule has 2 N–H and O–H groups in total. The van der Waals surface area contributed by atoms with Gasteiger partial charge in [-0.15, -0.1) is 0 Å². The molecule has 6 nitrogen and oxygen atoms in total. The fourth-order valence-corrected chi connectivity index (χ4v) is 1.83. The van der Waals surface area contributed by atoms with Crippen molar-refractivity contribution in [3.8, 4) is 0 Å². The Labute approximate surface area is 120 Å². The molecule has 0 bridgehead atoms. The lowest BCUT2D eigenvalue weighted by Gasteiger charge is -2.19. The molecule has 0 radical (unpaired) electrons. The maximum absolute atomic E-state index is 12.3. The van der Waals surface area contributed by atoms with Gasteiger partial charge in [-0.05, 0) is 37.3 Å². The number of carboxylic acids is 1. The number of aromatic amines is 1. The summed E-state index contributed by atoms with van der Waals surface area (Å²) in [5, 5.41) is 16.0. The van der Waals surface area contributed by atoms with E-state index in [2.05, 4.69) is 10.2 Å². The van der Waals surface area contributed by atoms with Crippen LogP contribution in [0.15, 0.2) is 30.3 Å². The van der Waals surface area contributed by atoms with Crippen molar-refractivity contribution in [2.75, 3.05) is 11.4 Å². The predicted molar refractivity (Wildman–Crippen MR) is 74.1 cm³/mol. The quantitative estimate of drug-likeness (QED) is 0.904. The number of H-pyrrole nitrogens is 1. The predicted octanol–water partition coefficient (Wildman–Crippen LogP) is 2.10. The Balaban J connectivity index is 2.34. The monoisotopic (exact) mass is 293 g/mol. The second-order valence-electron chi connectivity index (χ2n) is 4.20. The van der Waals surface area contributed by atoms with Crippen molar-refractivity contribution in [3.63, 3.8) is 0 Å². The highest BCUT2D eigenvalue weighted by Gasteiger charge is 2.22. The van der Waals surface area contributed by atoms with Gasteiger partial charge in [-0.1, -0.05) is 11.6 Å². The molecular weight excluding hydrogens is 282 g/mol. The standard InChI is InChI=1S/C13H12ClN3O3/c1-8-6-11(16-15-8)13(20)17(7-12(18)19)10-4-2-9(14)3-5-10/h2-6H,7H2,1H3,(H,15,16)(H,18,19). The molecule has 2 aromatic rings. The molecule has 0 aliphatic heterocycles. The Morgan fingerprint density at radius 1 is 1.35 bits per heavy atom. The van der Waals surface area contributed by atoms with Gasteiger partial charge in [0.15, 0.2) is 5.69 Å². The van der Waals surface area contributed by atoms with Gasteiger partial charge in [0.25, 0.3) is 5.91 Å². The minimum absolute atomic E-state index is 0.165. The molecule has 7 heteroatoms. The van der Waals surface area contributed by atoms with E-state index in [-0.39, 0.29) is 5.69 Å². The number of aromatic nitrogens is 2. The van der Waals surface area contributed by atoms with Crippen LogP contribution in [0.1, 0.15) is 16.2 Å². The lowest BCUT2D eigenvalue weighted by Crippen LogP contribution is -2.35. The zero-order valence-corrected chi connectivity index (χ0v) is 11.4. The third-order valence-corrected chi connectivity index (χ3v) is 2.85. The molecule has 0 saturated heterocycles. The Morgan fingerprint density at radius 3 is 2.50 bits per heavy atom. The van der Waals surface area contributed by atoms with Gasteiger partial charge < -0.3 is 5.11 Å². The van der Waals surface area contributed by atoms with Crippen LogP contribution in [-0.4, -0.2) is 33.7 Å². The largest absolute Gasteiger partial charge is 0.480 e. The van der Waals surface area contributed by atoms with Gasteiger partial charge >= 0.3 is 5.97 Å². The van der Waals surface area contributed by atoms with Gasteiger partial charge in [0, 0.05) is 16.4 Å². The van der Waals surface area contributed by atoms with Crippen LogP contribution in [0.25, 0.3) is 0 Å². The van der Waals surface area contributed by atoms with Crippen molar-refractivity contribution < 1.29 is 14.7 Å². The number of carbonyl (C=O) groups is 2. The summed E-state index contributed by atoms with van der Waals surface area (Å²) in [6.45, 7) is 1.31. The van der Waals surface area contributed by atoms with Gasteiger partial charge in [0.05, 0.1) is 0 Å². The Morgan fingerprint density at radius 2 is 2.00 bits per heavy atom. The molecular formula is C13H12ClN3O3. The number of nitrogens with one attached hydrogen (secondary N) is 1. The van der Waals surface area contributed by atoms with Gasteiger partial charge in [-0.25, -0.2) is 0 Å². The molecule has 2 rings (SSSR count). The van der Waals surface area contributed by atoms with E-state index in [4.69, 9.17) is 16.7 Å². The summed E-state index contributed by atoms with van der Waals surface area (Å²) in [7, 11) is 0. The number of carboxylic acid groups (broad SMARTS) is 1. The molecule has 20 heavy (non-hydrogen) atoms. The first-order valence-corrected chi connectivity index (χ1v) is 6.16. The Bertz CT molecular complexity index is 637. The van der Waals surface area contributed by atoms with Gasteiger partial charge in [-0.2, -0.15) is 5.10 Å². The molecule has 1 aromatic heterocycles. The summed E-state index contributed by atoms with van der Waals surface area (Å²) in [6.07, 6.45) is 0. The van der Waals surface area contributed by atoms with Crippen LogP contribution in [0.2, 0.25) is 5.02 Å². The molecule has 0 fully saturated rings. The molecule has 0 spiro atoms. The van der Waals surface area contributed by atoms with E-state index < -0.39 is 18.4 Å². The van der Waals surface area contributed by atoms with Crippen LogP contribution in [0.3, 0.4) is 0 Å². The van der Waals surface area contributed by atoms with Crippen LogP contribution in [0.4, 0.5) is 5.69 Å². The Kier molecular flexibility index (Phi) is 4.05. The summed E-state index contributed by atoms with van der Waals surface area (Å²) in [5.74, 6) is -1.60. The molecule has 0 aliphatic carbocycles. The Hall–Kier alpha value is -2.34.